The molecule has 1 aromatic rings. The summed E-state index contributed by atoms with van der Waals surface area (Å²) in [6, 6.07) is 0. The van der Waals surface area contributed by atoms with Gasteiger partial charge in [0, 0.05) is 0 Å². The number of halogens is 12. The first-order chi connectivity index (χ1) is 12.2. The van der Waals surface area contributed by atoms with E-state index >= 15 is 0 Å². The molecule has 0 fully saturated rings. The minimum atomic E-state index is -5.88. The molecule has 0 aliphatic rings. The molecule has 0 aliphatic heterocycles. The van der Waals surface area contributed by atoms with E-state index in [9.17, 15) is 52.7 Å². The number of alkyl halides is 12. The predicted molar refractivity (Wildman–Crippen MR) is 62.0 cm³/mol. The fraction of sp³-hybridized carbons (Fsp3) is 0.400. The van der Waals surface area contributed by atoms with Crippen LogP contribution in [0.15, 0.2) is 0 Å². The number of nitrogens with two attached hydrogens (primary N) is 2. The van der Waals surface area contributed by atoms with Gasteiger partial charge in [0.1, 0.15) is 11.4 Å². The Bertz CT molecular complexity index is 604. The molecular formula is C10H4F12N2O4. The Kier molecular flexibility index (Phi) is 5.78. The molecule has 1 aromatic carbocycles. The number of benzene rings is 1. The summed E-state index contributed by atoms with van der Waals surface area (Å²) in [4.78, 5) is 0. The molecule has 28 heavy (non-hydrogen) atoms. The number of hydrogen-bond acceptors (Lipinski definition) is 6. The fourth-order valence-electron chi connectivity index (χ4n) is 1.56. The molecule has 1 rings (SSSR count). The van der Waals surface area contributed by atoms with Crippen molar-refractivity contribution >= 4 is 11.4 Å². The van der Waals surface area contributed by atoms with Gasteiger partial charge in [-0.1, -0.05) is 0 Å². The van der Waals surface area contributed by atoms with Crippen molar-refractivity contribution in [1.82, 2.24) is 0 Å². The van der Waals surface area contributed by atoms with Gasteiger partial charge in [-0.25, -0.2) is 0 Å². The molecule has 0 radical (unpaired) electrons. The third kappa shape index (κ3) is 6.72. The van der Waals surface area contributed by atoms with Crippen molar-refractivity contribution in [2.45, 2.75) is 25.4 Å². The van der Waals surface area contributed by atoms with Crippen LogP contribution in [0.2, 0.25) is 0 Å². The average molecular weight is 444 g/mol. The van der Waals surface area contributed by atoms with E-state index in [2.05, 4.69) is 18.9 Å². The zero-order valence-corrected chi connectivity index (χ0v) is 12.3. The molecular weight excluding hydrogens is 440 g/mol. The molecule has 18 heteroatoms. The average Bonchev–Trinajstić information content (AvgIpc) is 2.39. The maximum Gasteiger partial charge on any atom is 0.573 e. The van der Waals surface area contributed by atoms with Gasteiger partial charge in [0.25, 0.3) is 0 Å². The van der Waals surface area contributed by atoms with Crippen LogP contribution in [0, 0.1) is 0 Å². The van der Waals surface area contributed by atoms with Gasteiger partial charge in [-0.15, -0.1) is 52.7 Å². The summed E-state index contributed by atoms with van der Waals surface area (Å²) in [7, 11) is 0. The normalized spacial score (nSPS) is 13.3. The minimum Gasteiger partial charge on any atom is -0.399 e. The van der Waals surface area contributed by atoms with Crippen molar-refractivity contribution in [3.05, 3.63) is 0 Å². The van der Waals surface area contributed by atoms with Crippen molar-refractivity contribution < 1.29 is 71.6 Å². The summed E-state index contributed by atoms with van der Waals surface area (Å²) in [6.07, 6.45) is -23.5. The summed E-state index contributed by atoms with van der Waals surface area (Å²) >= 11 is 0. The van der Waals surface area contributed by atoms with Gasteiger partial charge >= 0.3 is 25.4 Å². The van der Waals surface area contributed by atoms with Crippen molar-refractivity contribution in [3.63, 3.8) is 0 Å². The largest absolute Gasteiger partial charge is 0.573 e. The highest BCUT2D eigenvalue weighted by Gasteiger charge is 2.45. The highest BCUT2D eigenvalue weighted by atomic mass is 19.4. The molecule has 0 bridgehead atoms. The summed E-state index contributed by atoms with van der Waals surface area (Å²) in [5, 5.41) is 0. The molecule has 4 N–H and O–H groups in total. The minimum absolute atomic E-state index is 2.14. The zero-order valence-electron chi connectivity index (χ0n) is 12.3. The standard InChI is InChI=1S/C10H4F12N2O4/c11-7(12,13)25-3-1(23)4(26-8(14,15)16)6(28-10(20,21)22)2(24)5(3)27-9(17,18)19/h23-24H2. The number of rotatable bonds is 4. The summed E-state index contributed by atoms with van der Waals surface area (Å²) < 4.78 is 161. The van der Waals surface area contributed by atoms with Gasteiger partial charge < -0.3 is 30.4 Å². The van der Waals surface area contributed by atoms with Crippen LogP contribution < -0.4 is 30.4 Å². The first kappa shape index (κ1) is 23.2. The molecule has 0 atom stereocenters. The fourth-order valence-corrected chi connectivity index (χ4v) is 1.56. The lowest BCUT2D eigenvalue weighted by atomic mass is 10.2. The maximum atomic E-state index is 12.4. The topological polar surface area (TPSA) is 89.0 Å². The third-order valence-corrected chi connectivity index (χ3v) is 2.26. The Balaban J connectivity index is 3.87. The molecule has 0 saturated heterocycles. The Morgan fingerprint density at radius 3 is 0.643 bits per heavy atom. The lowest BCUT2D eigenvalue weighted by molar-refractivity contribution is -0.290. The lowest BCUT2D eigenvalue weighted by Crippen LogP contribution is -2.26. The Morgan fingerprint density at radius 2 is 0.536 bits per heavy atom. The summed E-state index contributed by atoms with van der Waals surface area (Å²) in [6.45, 7) is 0. The molecule has 0 aromatic heterocycles. The Hall–Kier alpha value is -2.82. The van der Waals surface area contributed by atoms with Crippen LogP contribution in [0.4, 0.5) is 64.1 Å². The van der Waals surface area contributed by atoms with Gasteiger partial charge in [-0.2, -0.15) is 0 Å². The molecule has 0 heterocycles. The Morgan fingerprint density at radius 1 is 0.393 bits per heavy atom. The van der Waals surface area contributed by atoms with E-state index < -0.39 is 59.8 Å². The number of nitrogen functional groups attached to an aromatic ring is 2. The van der Waals surface area contributed by atoms with Crippen molar-refractivity contribution in [1.29, 1.82) is 0 Å². The highest BCUT2D eigenvalue weighted by molar-refractivity contribution is 5.84. The molecule has 0 unspecified atom stereocenters. The number of ether oxygens (including phenoxy) is 4. The number of anilines is 2. The lowest BCUT2D eigenvalue weighted by Gasteiger charge is -2.24. The predicted octanol–water partition coefficient (Wildman–Crippen LogP) is 4.45. The SMILES string of the molecule is Nc1c(OC(F)(F)F)c(OC(F)(F)F)c(N)c(OC(F)(F)F)c1OC(F)(F)F. The first-order valence-corrected chi connectivity index (χ1v) is 5.98. The van der Waals surface area contributed by atoms with E-state index in [1.54, 1.807) is 0 Å². The molecule has 0 amide bonds. The van der Waals surface area contributed by atoms with Gasteiger partial charge in [0.05, 0.1) is 0 Å². The van der Waals surface area contributed by atoms with E-state index in [4.69, 9.17) is 11.5 Å². The van der Waals surface area contributed by atoms with Crippen molar-refractivity contribution in [2.24, 2.45) is 0 Å². The Labute approximate surface area is 144 Å². The van der Waals surface area contributed by atoms with E-state index in [1.165, 1.54) is 0 Å². The number of hydrogen-bond donors (Lipinski definition) is 2. The van der Waals surface area contributed by atoms with Gasteiger partial charge in [-0.3, -0.25) is 0 Å². The second kappa shape index (κ2) is 6.97. The molecule has 0 aliphatic carbocycles. The van der Waals surface area contributed by atoms with Crippen LogP contribution in [-0.2, 0) is 0 Å². The van der Waals surface area contributed by atoms with Crippen LogP contribution in [-0.4, -0.2) is 25.4 Å². The third-order valence-electron chi connectivity index (χ3n) is 2.26. The monoisotopic (exact) mass is 444 g/mol. The molecule has 6 nitrogen and oxygen atoms in total. The van der Waals surface area contributed by atoms with Crippen LogP contribution in [0.1, 0.15) is 0 Å². The molecule has 162 valence electrons. The van der Waals surface area contributed by atoms with Crippen LogP contribution >= 0.6 is 0 Å². The van der Waals surface area contributed by atoms with Crippen LogP contribution in [0.3, 0.4) is 0 Å². The maximum absolute atomic E-state index is 12.4. The van der Waals surface area contributed by atoms with E-state index in [1.807, 2.05) is 0 Å². The van der Waals surface area contributed by atoms with Gasteiger partial charge in [0.2, 0.25) is 23.0 Å². The summed E-state index contributed by atoms with van der Waals surface area (Å²) in [5.74, 6) is -9.40. The zero-order chi connectivity index (χ0) is 22.3. The van der Waals surface area contributed by atoms with Gasteiger partial charge in [-0.05, 0) is 0 Å². The van der Waals surface area contributed by atoms with Crippen LogP contribution in [0.25, 0.3) is 0 Å². The van der Waals surface area contributed by atoms with Crippen molar-refractivity contribution in [2.75, 3.05) is 11.5 Å². The highest BCUT2D eigenvalue weighted by Crippen LogP contribution is 2.56. The van der Waals surface area contributed by atoms with Crippen LogP contribution in [0.5, 0.6) is 23.0 Å². The molecule has 0 saturated carbocycles. The summed E-state index contributed by atoms with van der Waals surface area (Å²) in [5.41, 5.74) is 5.34. The quantitative estimate of drug-likeness (QED) is 0.527. The second-order valence-corrected chi connectivity index (χ2v) is 4.34. The molecule has 0 spiro atoms. The van der Waals surface area contributed by atoms with E-state index in [0.29, 0.717) is 0 Å². The smallest absolute Gasteiger partial charge is 0.399 e. The first-order valence-electron chi connectivity index (χ1n) is 5.98. The van der Waals surface area contributed by atoms with E-state index in [-0.39, 0.29) is 0 Å². The van der Waals surface area contributed by atoms with Gasteiger partial charge in [0.15, 0.2) is 0 Å². The van der Waals surface area contributed by atoms with Crippen molar-refractivity contribution in [3.8, 4) is 23.0 Å². The van der Waals surface area contributed by atoms with E-state index in [0.717, 1.165) is 0 Å². The second-order valence-electron chi connectivity index (χ2n) is 4.34.